The molecule has 1 aliphatic heterocycles. The Morgan fingerprint density at radius 3 is 2.78 bits per heavy atom. The fourth-order valence-electron chi connectivity index (χ4n) is 2.37. The summed E-state index contributed by atoms with van der Waals surface area (Å²) in [6, 6.07) is 12.7. The molecule has 1 aromatic heterocycles. The van der Waals surface area contributed by atoms with Gasteiger partial charge in [-0.1, -0.05) is 30.3 Å². The summed E-state index contributed by atoms with van der Waals surface area (Å²) in [5.74, 6) is 1.04. The highest BCUT2D eigenvalue weighted by molar-refractivity contribution is 5.38. The third kappa shape index (κ3) is 2.38. The summed E-state index contributed by atoms with van der Waals surface area (Å²) in [6.07, 6.45) is 3.09. The highest BCUT2D eigenvalue weighted by atomic mass is 15.4. The average Bonchev–Trinajstić information content (AvgIpc) is 2.99. The summed E-state index contributed by atoms with van der Waals surface area (Å²) in [4.78, 5) is 2.26. The first-order chi connectivity index (χ1) is 8.81. The van der Waals surface area contributed by atoms with Crippen LogP contribution in [0.25, 0.3) is 0 Å². The second kappa shape index (κ2) is 4.82. The summed E-state index contributed by atoms with van der Waals surface area (Å²) in [6.45, 7) is 2.76. The predicted molar refractivity (Wildman–Crippen MR) is 72.6 cm³/mol. The van der Waals surface area contributed by atoms with E-state index in [-0.39, 0.29) is 0 Å². The van der Waals surface area contributed by atoms with Crippen molar-refractivity contribution in [2.45, 2.75) is 19.0 Å². The van der Waals surface area contributed by atoms with Gasteiger partial charge in [-0.05, 0) is 12.0 Å². The van der Waals surface area contributed by atoms with Crippen molar-refractivity contribution in [1.29, 1.82) is 0 Å². The Bertz CT molecular complexity index is 506. The van der Waals surface area contributed by atoms with Crippen LogP contribution < -0.4 is 10.6 Å². The monoisotopic (exact) mass is 242 g/mol. The van der Waals surface area contributed by atoms with Gasteiger partial charge in [-0.25, -0.2) is 0 Å². The fourth-order valence-corrected chi connectivity index (χ4v) is 2.37. The average molecular weight is 242 g/mol. The van der Waals surface area contributed by atoms with E-state index in [0.717, 1.165) is 31.9 Å². The van der Waals surface area contributed by atoms with Crippen LogP contribution in [0.2, 0.25) is 0 Å². The minimum atomic E-state index is 0.296. The molecule has 0 aliphatic carbocycles. The van der Waals surface area contributed by atoms with Crippen molar-refractivity contribution >= 4 is 5.82 Å². The first-order valence-electron chi connectivity index (χ1n) is 6.39. The quantitative estimate of drug-likeness (QED) is 0.886. The van der Waals surface area contributed by atoms with Crippen LogP contribution in [0.4, 0.5) is 5.82 Å². The molecule has 0 radical (unpaired) electrons. The number of anilines is 1. The van der Waals surface area contributed by atoms with Crippen molar-refractivity contribution < 1.29 is 0 Å². The van der Waals surface area contributed by atoms with Crippen molar-refractivity contribution in [2.24, 2.45) is 5.73 Å². The van der Waals surface area contributed by atoms with Crippen LogP contribution >= 0.6 is 0 Å². The van der Waals surface area contributed by atoms with Crippen molar-refractivity contribution in [1.82, 2.24) is 9.78 Å². The molecular formula is C14H18N4. The zero-order chi connectivity index (χ0) is 12.4. The molecule has 1 aromatic carbocycles. The molecule has 4 nitrogen and oxygen atoms in total. The molecule has 1 atom stereocenters. The molecule has 3 rings (SSSR count). The summed E-state index contributed by atoms with van der Waals surface area (Å²) < 4.78 is 1.98. The first kappa shape index (κ1) is 11.3. The van der Waals surface area contributed by atoms with Gasteiger partial charge in [0.05, 0.1) is 6.54 Å². The molecule has 18 heavy (non-hydrogen) atoms. The van der Waals surface area contributed by atoms with E-state index in [2.05, 4.69) is 40.3 Å². The van der Waals surface area contributed by atoms with E-state index in [4.69, 9.17) is 5.73 Å². The molecule has 0 amide bonds. The predicted octanol–water partition coefficient (Wildman–Crippen LogP) is 1.47. The fraction of sp³-hybridized carbons (Fsp3) is 0.357. The Hall–Kier alpha value is -1.81. The van der Waals surface area contributed by atoms with E-state index in [1.54, 1.807) is 0 Å². The lowest BCUT2D eigenvalue weighted by atomic mass is 10.2. The van der Waals surface area contributed by atoms with E-state index < -0.39 is 0 Å². The summed E-state index contributed by atoms with van der Waals surface area (Å²) in [5, 5.41) is 4.61. The largest absolute Gasteiger partial charge is 0.354 e. The highest BCUT2D eigenvalue weighted by Crippen LogP contribution is 2.17. The lowest BCUT2D eigenvalue weighted by Crippen LogP contribution is -2.26. The molecule has 2 aromatic rings. The van der Waals surface area contributed by atoms with Gasteiger partial charge in [0.1, 0.15) is 0 Å². The van der Waals surface area contributed by atoms with Crippen LogP contribution in [0.5, 0.6) is 0 Å². The molecule has 2 N–H and O–H groups in total. The Balaban J connectivity index is 1.70. The molecule has 1 fully saturated rings. The van der Waals surface area contributed by atoms with Gasteiger partial charge in [0.25, 0.3) is 0 Å². The summed E-state index contributed by atoms with van der Waals surface area (Å²) >= 11 is 0. The van der Waals surface area contributed by atoms with Gasteiger partial charge in [0.15, 0.2) is 5.82 Å². The van der Waals surface area contributed by atoms with Crippen LogP contribution in [0.3, 0.4) is 0 Å². The smallest absolute Gasteiger partial charge is 0.150 e. The molecule has 0 saturated carbocycles. The standard InChI is InChI=1S/C14H18N4/c15-13-6-8-17(11-13)14-7-9-18(16-14)10-12-4-2-1-3-5-12/h1-5,7,9,13H,6,8,10-11,15H2. The maximum atomic E-state index is 5.92. The minimum Gasteiger partial charge on any atom is -0.354 e. The second-order valence-corrected chi connectivity index (χ2v) is 4.85. The third-order valence-corrected chi connectivity index (χ3v) is 3.36. The minimum absolute atomic E-state index is 0.296. The zero-order valence-corrected chi connectivity index (χ0v) is 10.4. The second-order valence-electron chi connectivity index (χ2n) is 4.85. The Labute approximate surface area is 107 Å². The van der Waals surface area contributed by atoms with E-state index in [0.29, 0.717) is 6.04 Å². The summed E-state index contributed by atoms with van der Waals surface area (Å²) in [7, 11) is 0. The molecule has 1 aliphatic rings. The Morgan fingerprint density at radius 1 is 1.22 bits per heavy atom. The van der Waals surface area contributed by atoms with Crippen LogP contribution in [0, 0.1) is 0 Å². The molecular weight excluding hydrogens is 224 g/mol. The topological polar surface area (TPSA) is 47.1 Å². The number of hydrogen-bond donors (Lipinski definition) is 1. The first-order valence-corrected chi connectivity index (χ1v) is 6.39. The molecule has 1 unspecified atom stereocenters. The summed E-state index contributed by atoms with van der Waals surface area (Å²) in [5.41, 5.74) is 7.19. The third-order valence-electron chi connectivity index (χ3n) is 3.36. The Morgan fingerprint density at radius 2 is 2.06 bits per heavy atom. The number of nitrogens with two attached hydrogens (primary N) is 1. The van der Waals surface area contributed by atoms with E-state index in [1.807, 2.05) is 16.9 Å². The molecule has 1 saturated heterocycles. The van der Waals surface area contributed by atoms with Crippen LogP contribution in [0.15, 0.2) is 42.6 Å². The van der Waals surface area contributed by atoms with Crippen molar-refractivity contribution in [3.8, 4) is 0 Å². The number of rotatable bonds is 3. The van der Waals surface area contributed by atoms with Crippen LogP contribution in [0.1, 0.15) is 12.0 Å². The van der Waals surface area contributed by atoms with E-state index in [1.165, 1.54) is 5.56 Å². The molecule has 4 heteroatoms. The lowest BCUT2D eigenvalue weighted by molar-refractivity contribution is 0.680. The van der Waals surface area contributed by atoms with Gasteiger partial charge in [-0.15, -0.1) is 0 Å². The maximum Gasteiger partial charge on any atom is 0.150 e. The van der Waals surface area contributed by atoms with Crippen molar-refractivity contribution in [2.75, 3.05) is 18.0 Å². The van der Waals surface area contributed by atoms with Gasteiger partial charge in [-0.3, -0.25) is 4.68 Å². The number of benzene rings is 1. The van der Waals surface area contributed by atoms with Gasteiger partial charge in [0.2, 0.25) is 0 Å². The zero-order valence-electron chi connectivity index (χ0n) is 10.4. The van der Waals surface area contributed by atoms with E-state index in [9.17, 15) is 0 Å². The van der Waals surface area contributed by atoms with Crippen LogP contribution in [-0.2, 0) is 6.54 Å². The normalized spacial score (nSPS) is 19.4. The maximum absolute atomic E-state index is 5.92. The molecule has 2 heterocycles. The number of aromatic nitrogens is 2. The SMILES string of the molecule is NC1CCN(c2ccn(Cc3ccccc3)n2)C1. The van der Waals surface area contributed by atoms with Gasteiger partial charge in [0, 0.05) is 31.4 Å². The van der Waals surface area contributed by atoms with E-state index >= 15 is 0 Å². The van der Waals surface area contributed by atoms with Gasteiger partial charge >= 0.3 is 0 Å². The lowest BCUT2D eigenvalue weighted by Gasteiger charge is -2.13. The highest BCUT2D eigenvalue weighted by Gasteiger charge is 2.20. The molecule has 0 spiro atoms. The van der Waals surface area contributed by atoms with Crippen molar-refractivity contribution in [3.05, 3.63) is 48.2 Å². The molecule has 94 valence electrons. The Kier molecular flexibility index (Phi) is 3.02. The number of nitrogens with zero attached hydrogens (tertiary/aromatic N) is 3. The number of hydrogen-bond acceptors (Lipinski definition) is 3. The van der Waals surface area contributed by atoms with Gasteiger partial charge in [-0.2, -0.15) is 5.10 Å². The van der Waals surface area contributed by atoms with Crippen molar-refractivity contribution in [3.63, 3.8) is 0 Å². The van der Waals surface area contributed by atoms with Gasteiger partial charge < -0.3 is 10.6 Å². The van der Waals surface area contributed by atoms with Crippen LogP contribution in [-0.4, -0.2) is 28.9 Å². The molecule has 0 bridgehead atoms.